The third-order valence-electron chi connectivity index (χ3n) is 6.61. The largest absolute Gasteiger partial charge is 0.388 e. The number of hydrogen-bond acceptors (Lipinski definition) is 6. The number of fused-ring (bicyclic) bond motifs is 1. The van der Waals surface area contributed by atoms with Gasteiger partial charge in [0.2, 0.25) is 0 Å². The van der Waals surface area contributed by atoms with Gasteiger partial charge in [-0.1, -0.05) is 66.7 Å². The first-order chi connectivity index (χ1) is 18.9. The lowest BCUT2D eigenvalue weighted by Gasteiger charge is -2.22. The monoisotopic (exact) mass is 556 g/mol. The summed E-state index contributed by atoms with van der Waals surface area (Å²) in [5, 5.41) is 8.91. The van der Waals surface area contributed by atoms with Crippen LogP contribution >= 0.6 is 11.3 Å². The standard InChI is InChI=1S/C31H28N2O4S2/c34-22-27(35)15-12-23-8-10-24(11-9-23)21-33(20-18-26-14-13-25-5-1-2-6-28(25)26)39(36,37)31-17-16-30(38-31)29-7-3-4-19-32-29/h1-12,14-17,19,34H,13,18,20-22H2/b15-12+. The molecule has 8 heteroatoms. The van der Waals surface area contributed by atoms with Gasteiger partial charge in [-0.2, -0.15) is 4.31 Å². The summed E-state index contributed by atoms with van der Waals surface area (Å²) < 4.78 is 29.7. The molecule has 2 aromatic carbocycles. The molecule has 4 aromatic rings. The van der Waals surface area contributed by atoms with Crippen LogP contribution in [0.1, 0.15) is 28.7 Å². The zero-order valence-electron chi connectivity index (χ0n) is 21.2. The Morgan fingerprint density at radius 2 is 1.79 bits per heavy atom. The Kier molecular flexibility index (Phi) is 8.28. The summed E-state index contributed by atoms with van der Waals surface area (Å²) in [7, 11) is -3.78. The minimum Gasteiger partial charge on any atom is -0.388 e. The van der Waals surface area contributed by atoms with Gasteiger partial charge < -0.3 is 5.11 Å². The number of sulfonamides is 1. The maximum Gasteiger partial charge on any atom is 0.252 e. The molecule has 5 rings (SSSR count). The van der Waals surface area contributed by atoms with E-state index in [-0.39, 0.29) is 16.5 Å². The first-order valence-electron chi connectivity index (χ1n) is 12.6. The number of carbonyl (C=O) groups excluding carboxylic acids is 1. The van der Waals surface area contributed by atoms with E-state index in [0.717, 1.165) is 28.1 Å². The molecule has 1 aliphatic rings. The van der Waals surface area contributed by atoms with Crippen molar-refractivity contribution in [1.29, 1.82) is 0 Å². The zero-order valence-corrected chi connectivity index (χ0v) is 22.9. The van der Waals surface area contributed by atoms with Crippen molar-refractivity contribution in [2.45, 2.75) is 23.6 Å². The van der Waals surface area contributed by atoms with E-state index in [4.69, 9.17) is 5.11 Å². The number of allylic oxidation sites excluding steroid dienone is 1. The quantitative estimate of drug-likeness (QED) is 0.243. The lowest BCUT2D eigenvalue weighted by atomic mass is 10.0. The van der Waals surface area contributed by atoms with Gasteiger partial charge in [-0.25, -0.2) is 8.42 Å². The number of rotatable bonds is 11. The second-order valence-electron chi connectivity index (χ2n) is 9.21. The predicted octanol–water partition coefficient (Wildman–Crippen LogP) is 5.61. The van der Waals surface area contributed by atoms with E-state index in [2.05, 4.69) is 23.2 Å². The van der Waals surface area contributed by atoms with Crippen molar-refractivity contribution in [3.8, 4) is 10.6 Å². The molecule has 0 saturated heterocycles. The summed E-state index contributed by atoms with van der Waals surface area (Å²) in [6.07, 6.45) is 8.32. The van der Waals surface area contributed by atoms with Crippen LogP contribution < -0.4 is 0 Å². The summed E-state index contributed by atoms with van der Waals surface area (Å²) in [5.41, 5.74) is 6.00. The molecule has 2 aromatic heterocycles. The van der Waals surface area contributed by atoms with Crippen LogP contribution in [0.25, 0.3) is 22.2 Å². The van der Waals surface area contributed by atoms with Gasteiger partial charge in [-0.15, -0.1) is 11.3 Å². The van der Waals surface area contributed by atoms with Crippen molar-refractivity contribution in [3.63, 3.8) is 0 Å². The predicted molar refractivity (Wildman–Crippen MR) is 155 cm³/mol. The Hall–Kier alpha value is -3.69. The first-order valence-corrected chi connectivity index (χ1v) is 14.9. The van der Waals surface area contributed by atoms with Crippen LogP contribution in [0.4, 0.5) is 0 Å². The molecule has 0 unspecified atom stereocenters. The maximum atomic E-state index is 13.9. The van der Waals surface area contributed by atoms with Crippen molar-refractivity contribution in [1.82, 2.24) is 9.29 Å². The van der Waals surface area contributed by atoms with Gasteiger partial charge in [-0.3, -0.25) is 9.78 Å². The van der Waals surface area contributed by atoms with Crippen LogP contribution in [0.15, 0.2) is 101 Å². The minimum absolute atomic E-state index is 0.216. The second kappa shape index (κ2) is 12.0. The van der Waals surface area contributed by atoms with Crippen molar-refractivity contribution >= 4 is 38.8 Å². The van der Waals surface area contributed by atoms with Crippen LogP contribution in [-0.4, -0.2) is 41.7 Å². The number of aliphatic hydroxyl groups is 1. The summed E-state index contributed by atoms with van der Waals surface area (Å²) in [4.78, 5) is 16.5. The SMILES string of the molecule is O=C(/C=C/c1ccc(CN(CCC2=CCc3ccccc32)S(=O)(=O)c2ccc(-c3ccccn3)s2)cc1)CO. The van der Waals surface area contributed by atoms with E-state index in [9.17, 15) is 13.2 Å². The van der Waals surface area contributed by atoms with Gasteiger partial charge in [0, 0.05) is 19.3 Å². The van der Waals surface area contributed by atoms with Crippen LogP contribution in [0.2, 0.25) is 0 Å². The maximum absolute atomic E-state index is 13.9. The number of ketones is 1. The number of pyridine rings is 1. The summed E-state index contributed by atoms with van der Waals surface area (Å²) in [6, 6.07) is 24.7. The fraction of sp³-hybridized carbons (Fsp3) is 0.161. The Bertz CT molecular complexity index is 1620. The smallest absolute Gasteiger partial charge is 0.252 e. The highest BCUT2D eigenvalue weighted by Crippen LogP contribution is 2.34. The molecule has 0 fully saturated rings. The van der Waals surface area contributed by atoms with Crippen LogP contribution in [-0.2, 0) is 27.8 Å². The average Bonchev–Trinajstić information content (AvgIpc) is 3.63. The Labute approximate surface area is 232 Å². The lowest BCUT2D eigenvalue weighted by molar-refractivity contribution is -0.117. The van der Waals surface area contributed by atoms with Gasteiger partial charge in [0.15, 0.2) is 5.78 Å². The minimum atomic E-state index is -3.78. The zero-order chi connectivity index (χ0) is 27.2. The van der Waals surface area contributed by atoms with Crippen molar-refractivity contribution in [3.05, 3.63) is 119 Å². The van der Waals surface area contributed by atoms with Gasteiger partial charge in [0.1, 0.15) is 10.8 Å². The van der Waals surface area contributed by atoms with E-state index in [1.165, 1.54) is 34.1 Å². The van der Waals surface area contributed by atoms with Crippen molar-refractivity contribution < 1.29 is 18.3 Å². The summed E-state index contributed by atoms with van der Waals surface area (Å²) >= 11 is 1.22. The first kappa shape index (κ1) is 26.9. The van der Waals surface area contributed by atoms with E-state index >= 15 is 0 Å². The van der Waals surface area contributed by atoms with E-state index in [1.807, 2.05) is 60.7 Å². The highest BCUT2D eigenvalue weighted by molar-refractivity contribution is 7.91. The van der Waals surface area contributed by atoms with Gasteiger partial charge in [0.25, 0.3) is 10.0 Å². The van der Waals surface area contributed by atoms with Crippen molar-refractivity contribution in [2.24, 2.45) is 0 Å². The third kappa shape index (κ3) is 6.32. The molecule has 1 aliphatic carbocycles. The molecule has 0 atom stereocenters. The molecule has 0 saturated carbocycles. The normalized spacial score (nSPS) is 13.1. The number of aromatic nitrogens is 1. The lowest BCUT2D eigenvalue weighted by Crippen LogP contribution is -2.31. The fourth-order valence-corrected chi connectivity index (χ4v) is 7.40. The summed E-state index contributed by atoms with van der Waals surface area (Å²) in [5.74, 6) is -0.375. The fourth-order valence-electron chi connectivity index (χ4n) is 4.53. The van der Waals surface area contributed by atoms with Crippen LogP contribution in [0, 0.1) is 0 Å². The van der Waals surface area contributed by atoms with Gasteiger partial charge in [0.05, 0.1) is 10.6 Å². The average molecular weight is 557 g/mol. The molecule has 0 amide bonds. The Morgan fingerprint density at radius 1 is 1.00 bits per heavy atom. The number of benzene rings is 2. The topological polar surface area (TPSA) is 87.6 Å². The Morgan fingerprint density at radius 3 is 2.56 bits per heavy atom. The Balaban J connectivity index is 1.40. The summed E-state index contributed by atoms with van der Waals surface area (Å²) in [6.45, 7) is 0.0205. The number of thiophene rings is 1. The number of aliphatic hydroxyl groups excluding tert-OH is 1. The van der Waals surface area contributed by atoms with E-state index in [1.54, 1.807) is 22.6 Å². The van der Waals surface area contributed by atoms with Crippen molar-refractivity contribution in [2.75, 3.05) is 13.2 Å². The molecule has 0 radical (unpaired) electrons. The molecular formula is C31H28N2O4S2. The molecule has 39 heavy (non-hydrogen) atoms. The third-order valence-corrected chi connectivity index (χ3v) is 10.0. The molecule has 6 nitrogen and oxygen atoms in total. The van der Waals surface area contributed by atoms with Crippen LogP contribution in [0.3, 0.4) is 0 Å². The highest BCUT2D eigenvalue weighted by Gasteiger charge is 2.27. The molecular weight excluding hydrogens is 528 g/mol. The molecule has 198 valence electrons. The molecule has 0 aliphatic heterocycles. The molecule has 0 bridgehead atoms. The van der Waals surface area contributed by atoms with Crippen LogP contribution in [0.5, 0.6) is 0 Å². The number of nitrogens with zero attached hydrogens (tertiary/aromatic N) is 2. The molecule has 1 N–H and O–H groups in total. The van der Waals surface area contributed by atoms with Gasteiger partial charge in [-0.05, 0) is 71.0 Å². The molecule has 2 heterocycles. The van der Waals surface area contributed by atoms with E-state index in [0.29, 0.717) is 13.0 Å². The second-order valence-corrected chi connectivity index (χ2v) is 12.5. The number of hydrogen-bond donors (Lipinski definition) is 1. The van der Waals surface area contributed by atoms with Gasteiger partial charge >= 0.3 is 0 Å². The van der Waals surface area contributed by atoms with E-state index < -0.39 is 16.6 Å². The number of carbonyl (C=O) groups is 1. The highest BCUT2D eigenvalue weighted by atomic mass is 32.2. The molecule has 0 spiro atoms.